The highest BCUT2D eigenvalue weighted by molar-refractivity contribution is 7.74. The minimum absolute atomic E-state index is 0.0547. The van der Waals surface area contributed by atoms with E-state index < -0.39 is 7.14 Å². The van der Waals surface area contributed by atoms with E-state index >= 15 is 0 Å². The van der Waals surface area contributed by atoms with Crippen LogP contribution in [-0.2, 0) is 4.57 Å². The molecule has 1 nitrogen and oxygen atoms in total. The van der Waals surface area contributed by atoms with Gasteiger partial charge in [-0.2, -0.15) is 0 Å². The number of rotatable bonds is 1. The summed E-state index contributed by atoms with van der Waals surface area (Å²) in [5.41, 5.74) is 0. The molecule has 1 saturated heterocycles. The van der Waals surface area contributed by atoms with Gasteiger partial charge in [0.25, 0.3) is 0 Å². The average Bonchev–Trinajstić information content (AvgIpc) is 2.18. The van der Waals surface area contributed by atoms with Gasteiger partial charge in [0.2, 0.25) is 0 Å². The van der Waals surface area contributed by atoms with Crippen molar-refractivity contribution in [1.82, 2.24) is 0 Å². The van der Waals surface area contributed by atoms with E-state index in [0.29, 0.717) is 10.9 Å². The number of benzene rings is 1. The molecule has 0 amide bonds. The second-order valence-electron chi connectivity index (χ2n) is 4.95. The van der Waals surface area contributed by atoms with Crippen LogP contribution in [0.2, 0.25) is 5.02 Å². The molecule has 2 rings (SSSR count). The molecule has 2 atom stereocenters. The highest BCUT2D eigenvalue weighted by atomic mass is 35.5. The topological polar surface area (TPSA) is 17.1 Å². The monoisotopic (exact) mass is 242 g/mol. The van der Waals surface area contributed by atoms with Crippen LogP contribution in [0.25, 0.3) is 0 Å². The first-order valence-electron chi connectivity index (χ1n) is 5.23. The second kappa shape index (κ2) is 3.37. The Hall–Kier alpha value is -0.260. The zero-order valence-corrected chi connectivity index (χ0v) is 11.0. The van der Waals surface area contributed by atoms with Crippen LogP contribution in [0.5, 0.6) is 0 Å². The van der Waals surface area contributed by atoms with Gasteiger partial charge in [0.1, 0.15) is 7.14 Å². The van der Waals surface area contributed by atoms with Crippen molar-refractivity contribution in [2.45, 2.75) is 25.9 Å². The largest absolute Gasteiger partial charge is 0.318 e. The van der Waals surface area contributed by atoms with E-state index in [-0.39, 0.29) is 5.16 Å². The normalized spacial score (nSPS) is 33.5. The lowest BCUT2D eigenvalue weighted by Crippen LogP contribution is -2.47. The van der Waals surface area contributed by atoms with Crippen LogP contribution >= 0.6 is 18.7 Å². The molecule has 1 fully saturated rings. The first kappa shape index (κ1) is 11.2. The van der Waals surface area contributed by atoms with Crippen molar-refractivity contribution >= 4 is 24.0 Å². The van der Waals surface area contributed by atoms with Gasteiger partial charge in [-0.1, -0.05) is 44.5 Å². The molecule has 0 bridgehead atoms. The molecule has 0 aliphatic carbocycles. The maximum Gasteiger partial charge on any atom is 0.121 e. The summed E-state index contributed by atoms with van der Waals surface area (Å²) in [6, 6.07) is 7.48. The average molecular weight is 243 g/mol. The van der Waals surface area contributed by atoms with Crippen LogP contribution in [0.15, 0.2) is 24.3 Å². The summed E-state index contributed by atoms with van der Waals surface area (Å²) in [7, 11) is -2.18. The van der Waals surface area contributed by atoms with E-state index in [0.717, 1.165) is 11.5 Å². The van der Waals surface area contributed by atoms with E-state index in [1.807, 2.05) is 24.3 Å². The summed E-state index contributed by atoms with van der Waals surface area (Å²) in [6.07, 6.45) is 0.835. The summed E-state index contributed by atoms with van der Waals surface area (Å²) in [5.74, 6) is 0.541. The standard InChI is InChI=1S/C12H16ClOP/c1-9-8-15(14,12(9,2)3)11-6-4-10(13)5-7-11/h4-7,9H,8H2,1-3H3/t9-,15+/m1/s1. The fourth-order valence-electron chi connectivity index (χ4n) is 2.21. The lowest BCUT2D eigenvalue weighted by Gasteiger charge is -2.50. The second-order valence-corrected chi connectivity index (χ2v) is 8.90. The van der Waals surface area contributed by atoms with E-state index in [4.69, 9.17) is 11.6 Å². The van der Waals surface area contributed by atoms with E-state index in [1.165, 1.54) is 0 Å². The predicted octanol–water partition coefficient (Wildman–Crippen LogP) is 3.76. The minimum Gasteiger partial charge on any atom is -0.318 e. The van der Waals surface area contributed by atoms with E-state index in [9.17, 15) is 4.57 Å². The third-order valence-corrected chi connectivity index (χ3v) is 8.66. The zero-order valence-electron chi connectivity index (χ0n) is 9.33. The summed E-state index contributed by atoms with van der Waals surface area (Å²) in [6.45, 7) is 6.39. The van der Waals surface area contributed by atoms with Crippen LogP contribution in [0.3, 0.4) is 0 Å². The van der Waals surface area contributed by atoms with Gasteiger partial charge in [-0.05, 0) is 18.1 Å². The SMILES string of the molecule is C[C@@H]1C[P@](=O)(c2ccc(Cl)cc2)C1(C)C. The first-order valence-corrected chi connectivity index (χ1v) is 7.50. The molecular weight excluding hydrogens is 227 g/mol. The Morgan fingerprint density at radius 3 is 2.27 bits per heavy atom. The summed E-state index contributed by atoms with van der Waals surface area (Å²) in [4.78, 5) is 0. The lowest BCUT2D eigenvalue weighted by molar-refractivity contribution is 0.403. The van der Waals surface area contributed by atoms with Crippen LogP contribution in [0, 0.1) is 5.92 Å². The maximum absolute atomic E-state index is 12.8. The molecule has 1 aliphatic rings. The lowest BCUT2D eigenvalue weighted by atomic mass is 9.97. The highest BCUT2D eigenvalue weighted by Gasteiger charge is 2.55. The van der Waals surface area contributed by atoms with Crippen LogP contribution < -0.4 is 5.30 Å². The van der Waals surface area contributed by atoms with Gasteiger partial charge in [-0.25, -0.2) is 0 Å². The smallest absolute Gasteiger partial charge is 0.121 e. The predicted molar refractivity (Wildman–Crippen MR) is 66.8 cm³/mol. The fraction of sp³-hybridized carbons (Fsp3) is 0.500. The quantitative estimate of drug-likeness (QED) is 0.686. The van der Waals surface area contributed by atoms with Crippen molar-refractivity contribution in [3.05, 3.63) is 29.3 Å². The van der Waals surface area contributed by atoms with Gasteiger partial charge >= 0.3 is 0 Å². The Morgan fingerprint density at radius 1 is 1.33 bits per heavy atom. The van der Waals surface area contributed by atoms with Gasteiger partial charge in [-0.15, -0.1) is 0 Å². The number of hydrogen-bond donors (Lipinski definition) is 0. The van der Waals surface area contributed by atoms with Crippen molar-refractivity contribution in [3.63, 3.8) is 0 Å². The highest BCUT2D eigenvalue weighted by Crippen LogP contribution is 2.70. The molecule has 0 radical (unpaired) electrons. The van der Waals surface area contributed by atoms with Crippen LogP contribution in [0.4, 0.5) is 0 Å². The van der Waals surface area contributed by atoms with Gasteiger partial charge < -0.3 is 4.57 Å². The molecule has 0 N–H and O–H groups in total. The van der Waals surface area contributed by atoms with Gasteiger partial charge in [-0.3, -0.25) is 0 Å². The molecule has 15 heavy (non-hydrogen) atoms. The molecular formula is C12H16ClOP. The van der Waals surface area contributed by atoms with E-state index in [2.05, 4.69) is 20.8 Å². The number of halogens is 1. The Labute approximate surface area is 96.2 Å². The fourth-order valence-corrected chi connectivity index (χ4v) is 6.02. The first-order chi connectivity index (χ1) is 6.88. The van der Waals surface area contributed by atoms with Crippen molar-refractivity contribution in [3.8, 4) is 0 Å². The van der Waals surface area contributed by atoms with Gasteiger partial charge in [0.05, 0.1) is 0 Å². The minimum atomic E-state index is -2.18. The maximum atomic E-state index is 12.8. The van der Waals surface area contributed by atoms with Crippen LogP contribution in [0.1, 0.15) is 20.8 Å². The third kappa shape index (κ3) is 1.48. The summed E-state index contributed by atoms with van der Waals surface area (Å²) < 4.78 is 12.8. The molecule has 1 aromatic rings. The Bertz CT molecular complexity index is 422. The van der Waals surface area contributed by atoms with Crippen molar-refractivity contribution in [2.75, 3.05) is 6.16 Å². The molecule has 82 valence electrons. The molecule has 3 heteroatoms. The zero-order chi connectivity index (χ0) is 11.3. The Balaban J connectivity index is 2.41. The molecule has 1 aromatic carbocycles. The molecule has 0 unspecified atom stereocenters. The molecule has 1 heterocycles. The van der Waals surface area contributed by atoms with Gasteiger partial charge in [0.15, 0.2) is 0 Å². The molecule has 0 spiro atoms. The van der Waals surface area contributed by atoms with Crippen molar-refractivity contribution in [1.29, 1.82) is 0 Å². The molecule has 1 aliphatic heterocycles. The van der Waals surface area contributed by atoms with Crippen molar-refractivity contribution < 1.29 is 4.57 Å². The van der Waals surface area contributed by atoms with Gasteiger partial charge in [0, 0.05) is 21.6 Å². The van der Waals surface area contributed by atoms with E-state index in [1.54, 1.807) is 0 Å². The Morgan fingerprint density at radius 2 is 1.87 bits per heavy atom. The Kier molecular flexibility index (Phi) is 2.52. The summed E-state index contributed by atoms with van der Waals surface area (Å²) in [5, 5.41) is 1.63. The number of hydrogen-bond acceptors (Lipinski definition) is 1. The molecule has 0 saturated carbocycles. The third-order valence-electron chi connectivity index (χ3n) is 3.91. The van der Waals surface area contributed by atoms with Crippen LogP contribution in [-0.4, -0.2) is 11.3 Å². The summed E-state index contributed by atoms with van der Waals surface area (Å²) >= 11 is 5.83. The van der Waals surface area contributed by atoms with Crippen molar-refractivity contribution in [2.24, 2.45) is 5.92 Å². The molecule has 0 aromatic heterocycles.